The van der Waals surface area contributed by atoms with Crippen molar-refractivity contribution < 1.29 is 126 Å². The average molecular weight is 2490 g/mol. The Morgan fingerprint density at radius 1 is 0.148 bits per heavy atom. The van der Waals surface area contributed by atoms with Gasteiger partial charge < -0.3 is 44.6 Å². The second kappa shape index (κ2) is 125. The molecule has 0 atom stereocenters. The molecule has 12 aromatic rings. The zero-order valence-corrected chi connectivity index (χ0v) is 89.9. The second-order valence-electron chi connectivity index (χ2n) is 18.8. The predicted octanol–water partition coefficient (Wildman–Crippen LogP) is 29.2. The van der Waals surface area contributed by atoms with Gasteiger partial charge in [-0.2, -0.15) is 0 Å². The van der Waals surface area contributed by atoms with Crippen molar-refractivity contribution >= 4 is 0 Å². The number of benzene rings is 6. The van der Waals surface area contributed by atoms with E-state index in [4.69, 9.17) is 0 Å². The molecule has 600 valence electrons. The summed E-state index contributed by atoms with van der Waals surface area (Å²) in [7, 11) is 0. The minimum Gasteiger partial charge on any atom is -0.358 e. The minimum atomic E-state index is 0. The molecule has 0 spiro atoms. The van der Waals surface area contributed by atoms with E-state index < -0.39 is 0 Å². The molecule has 0 aliphatic heterocycles. The van der Waals surface area contributed by atoms with E-state index >= 15 is 0 Å². The first-order valence-electron chi connectivity index (χ1n) is 34.1. The molecular formula is C96H144N6W6-6. The number of nitrogens with zero attached hydrogens (tertiary/aromatic N) is 6. The van der Waals surface area contributed by atoms with Crippen LogP contribution >= 0.6 is 0 Å². The molecule has 6 aromatic carbocycles. The van der Waals surface area contributed by atoms with Crippen LogP contribution in [0.15, 0.2) is 328 Å². The van der Waals surface area contributed by atoms with Crippen LogP contribution in [0.4, 0.5) is 0 Å². The van der Waals surface area contributed by atoms with E-state index in [9.17, 15) is 0 Å². The van der Waals surface area contributed by atoms with Crippen LogP contribution in [0.5, 0.6) is 0 Å². The molecule has 0 amide bonds. The summed E-state index contributed by atoms with van der Waals surface area (Å²) in [5.74, 6) is 0. The third-order valence-corrected chi connectivity index (χ3v) is 10.3. The average Bonchev–Trinajstić information content (AvgIpc) is 0.994. The van der Waals surface area contributed by atoms with Crippen molar-refractivity contribution in [3.8, 4) is 0 Å². The number of aromatic nitrogens is 6. The van der Waals surface area contributed by atoms with Gasteiger partial charge in [0.05, 0.1) is 0 Å². The molecule has 0 saturated carbocycles. The molecule has 0 N–H and O–H groups in total. The largest absolute Gasteiger partial charge is 0.358 e. The van der Waals surface area contributed by atoms with Crippen molar-refractivity contribution in [3.05, 3.63) is 440 Å². The van der Waals surface area contributed by atoms with E-state index in [1.807, 2.05) is 437 Å². The molecule has 6 heterocycles. The molecule has 0 aliphatic rings. The Balaban J connectivity index is -0.0000000500. The van der Waals surface area contributed by atoms with Crippen LogP contribution in [-0.4, -0.2) is 29.9 Å². The molecule has 0 fully saturated rings. The van der Waals surface area contributed by atoms with E-state index in [1.165, 1.54) is 33.4 Å². The first-order valence-corrected chi connectivity index (χ1v) is 34.1. The zero-order chi connectivity index (χ0) is 73.4. The molecule has 6 nitrogen and oxygen atoms in total. The Morgan fingerprint density at radius 2 is 0.269 bits per heavy atom. The second-order valence-corrected chi connectivity index (χ2v) is 18.8. The van der Waals surface area contributed by atoms with E-state index in [0.29, 0.717) is 0 Å². The quantitative estimate of drug-likeness (QED) is 0.141. The number of hydrogen-bond acceptors (Lipinski definition) is 6. The van der Waals surface area contributed by atoms with Gasteiger partial charge in [0.1, 0.15) is 0 Å². The maximum absolute atomic E-state index is 4.08. The summed E-state index contributed by atoms with van der Waals surface area (Å²) in [6, 6.07) is 96.3. The molecule has 0 bridgehead atoms. The van der Waals surface area contributed by atoms with Crippen molar-refractivity contribution in [1.29, 1.82) is 0 Å². The van der Waals surface area contributed by atoms with Crippen molar-refractivity contribution in [2.75, 3.05) is 0 Å². The van der Waals surface area contributed by atoms with E-state index in [1.54, 1.807) is 0 Å². The molecular weight excluding hydrogens is 2340 g/mol. The van der Waals surface area contributed by atoms with Gasteiger partial charge in [0.15, 0.2) is 0 Å². The van der Waals surface area contributed by atoms with Gasteiger partial charge in [-0.3, -0.25) is 29.9 Å². The topological polar surface area (TPSA) is 77.3 Å². The maximum atomic E-state index is 4.08. The summed E-state index contributed by atoms with van der Waals surface area (Å²) in [5.41, 5.74) is 14.0. The number of rotatable bonds is 0. The van der Waals surface area contributed by atoms with Crippen LogP contribution in [0.1, 0.15) is 151 Å². The van der Waals surface area contributed by atoms with Crippen LogP contribution in [0.3, 0.4) is 0 Å². The predicted molar refractivity (Wildman–Crippen MR) is 467 cm³/mol. The first kappa shape index (κ1) is 148. The summed E-state index contributed by atoms with van der Waals surface area (Å²) in [6.07, 6.45) is 11.1. The standard InChI is InChI=1S/6C7H9N.6C6H6.6C2H6.6CH3.6W/c3*1-6-3-4-8-7(2)5-6;3*1-6-3-4-7(2)8-5-6;6*1-2-4-6-5-3-1;6*1-2;;;;;;;;;;;;/h6*3-5H,1-2H3;6*1-6H;6*1-2H3;6*1H3;;;;;;/q;;;;;;;;;;;;;;;;;;6*-1;;;;;;. The van der Waals surface area contributed by atoms with E-state index in [-0.39, 0.29) is 171 Å². The molecule has 108 heavy (non-hydrogen) atoms. The Morgan fingerprint density at radius 3 is 0.333 bits per heavy atom. The van der Waals surface area contributed by atoms with Gasteiger partial charge in [0.2, 0.25) is 0 Å². The van der Waals surface area contributed by atoms with E-state index in [0.717, 1.165) is 34.2 Å². The van der Waals surface area contributed by atoms with Gasteiger partial charge in [-0.15, -0.1) is 0 Å². The van der Waals surface area contributed by atoms with Crippen LogP contribution in [0, 0.1) is 128 Å². The van der Waals surface area contributed by atoms with Gasteiger partial charge in [0.25, 0.3) is 0 Å². The van der Waals surface area contributed by atoms with Gasteiger partial charge >= 0.3 is 0 Å². The Labute approximate surface area is 755 Å². The van der Waals surface area contributed by atoms with Gasteiger partial charge in [0, 0.05) is 198 Å². The van der Waals surface area contributed by atoms with Crippen molar-refractivity contribution in [2.45, 2.75) is 166 Å². The fourth-order valence-electron chi connectivity index (χ4n) is 6.00. The molecule has 0 aliphatic carbocycles. The van der Waals surface area contributed by atoms with Crippen LogP contribution in [0.25, 0.3) is 0 Å². The monoisotopic (exact) mass is 2480 g/mol. The van der Waals surface area contributed by atoms with Crippen LogP contribution in [-0.2, 0) is 126 Å². The first-order chi connectivity index (χ1) is 46.7. The Kier molecular flexibility index (Phi) is 171. The summed E-state index contributed by atoms with van der Waals surface area (Å²) in [5, 5.41) is 0. The smallest absolute Gasteiger partial charge is 0.0375 e. The molecule has 12 heteroatoms. The molecule has 0 radical (unpaired) electrons. The zero-order valence-electron chi connectivity index (χ0n) is 72.3. The summed E-state index contributed by atoms with van der Waals surface area (Å²) in [6.45, 7) is 48.2. The number of aryl methyl sites for hydroxylation is 12. The summed E-state index contributed by atoms with van der Waals surface area (Å²) < 4.78 is 0. The van der Waals surface area contributed by atoms with Crippen molar-refractivity contribution in [2.24, 2.45) is 0 Å². The Bertz CT molecular complexity index is 2550. The molecule has 12 rings (SSSR count). The third kappa shape index (κ3) is 121. The number of hydrogen-bond donors (Lipinski definition) is 0. The van der Waals surface area contributed by atoms with Crippen LogP contribution in [0.2, 0.25) is 0 Å². The minimum absolute atomic E-state index is 0. The van der Waals surface area contributed by atoms with E-state index in [2.05, 4.69) is 87.1 Å². The maximum Gasteiger partial charge on any atom is 0.0375 e. The fraction of sp³-hybridized carbons (Fsp3) is 0.250. The SMILES string of the molecule is CC.CC.CC.CC.CC.CC.Cc1ccc(C)nc1.Cc1ccc(C)nc1.Cc1ccc(C)nc1.Cc1ccnc(C)c1.Cc1ccnc(C)c1.Cc1ccnc(C)c1.[CH3-].[CH3-].[CH3-].[CH3-].[CH3-].[CH3-].[W].[W].[W].[W].[W].[W].c1ccccc1.c1ccccc1.c1ccccc1.c1ccccc1.c1ccccc1.c1ccccc1. The molecule has 6 aromatic heterocycles. The van der Waals surface area contributed by atoms with Crippen molar-refractivity contribution in [1.82, 2.24) is 29.9 Å². The fourth-order valence-corrected chi connectivity index (χ4v) is 6.00. The third-order valence-electron chi connectivity index (χ3n) is 10.3. The van der Waals surface area contributed by atoms with Gasteiger partial charge in [-0.1, -0.05) is 320 Å². The van der Waals surface area contributed by atoms with Gasteiger partial charge in [-0.25, -0.2) is 0 Å². The molecule has 0 saturated heterocycles. The summed E-state index contributed by atoms with van der Waals surface area (Å²) >= 11 is 0. The summed E-state index contributed by atoms with van der Waals surface area (Å²) in [4.78, 5) is 24.4. The number of pyridine rings is 6. The molecule has 0 unspecified atom stereocenters. The van der Waals surface area contributed by atoms with Crippen LogP contribution < -0.4 is 0 Å². The Hall–Kier alpha value is -5.65. The normalized spacial score (nSPS) is 7.11. The van der Waals surface area contributed by atoms with Crippen molar-refractivity contribution in [3.63, 3.8) is 0 Å². The van der Waals surface area contributed by atoms with Gasteiger partial charge in [-0.05, 0) is 171 Å².